The quantitative estimate of drug-likeness (QED) is 0.394. The zero-order chi connectivity index (χ0) is 17.8. The summed E-state index contributed by atoms with van der Waals surface area (Å²) in [6.07, 6.45) is 1.12. The van der Waals surface area contributed by atoms with Gasteiger partial charge in [0.1, 0.15) is 0 Å². The molecule has 0 amide bonds. The topological polar surface area (TPSA) is 54.9 Å². The van der Waals surface area contributed by atoms with Crippen molar-refractivity contribution in [2.45, 2.75) is 25.3 Å². The highest BCUT2D eigenvalue weighted by Gasteiger charge is 2.39. The average Bonchev–Trinajstić information content (AvgIpc) is 3.40. The minimum Gasteiger partial charge on any atom is -0.493 e. The number of rotatable bonds is 5. The Hall–Kier alpha value is -1.96. The first-order valence-corrected chi connectivity index (χ1v) is 8.44. The number of nitrogens with zero attached hydrogens (tertiary/aromatic N) is 1. The molecule has 0 aromatic heterocycles. The molecule has 2 N–H and O–H groups in total. The van der Waals surface area contributed by atoms with Crippen LogP contribution in [0.1, 0.15) is 23.5 Å². The number of halogens is 1. The summed E-state index contributed by atoms with van der Waals surface area (Å²) in [6, 6.07) is 14.7. The maximum Gasteiger partial charge on any atom is 0.195 e. The third-order valence-corrected chi connectivity index (χ3v) is 4.57. The molecule has 5 nitrogen and oxygen atoms in total. The van der Waals surface area contributed by atoms with E-state index in [2.05, 4.69) is 46.8 Å². The Morgan fingerprint density at radius 2 is 1.81 bits per heavy atom. The molecule has 2 aromatic rings. The average molecular weight is 467 g/mol. The molecule has 2 atom stereocenters. The van der Waals surface area contributed by atoms with Crippen LogP contribution in [-0.4, -0.2) is 33.3 Å². The van der Waals surface area contributed by atoms with Gasteiger partial charge in [-0.05, 0) is 36.6 Å². The maximum atomic E-state index is 5.35. The Morgan fingerprint density at radius 1 is 1.08 bits per heavy atom. The largest absolute Gasteiger partial charge is 0.493 e. The predicted octanol–water partition coefficient (Wildman–Crippen LogP) is 4.17. The smallest absolute Gasteiger partial charge is 0.195 e. The van der Waals surface area contributed by atoms with Crippen molar-refractivity contribution in [1.82, 2.24) is 5.32 Å². The SMILES string of the molecule is CN=C(Nc1ccc(OC)c(OC)c1)NC1CC1c1ccccc1C.I. The van der Waals surface area contributed by atoms with Crippen LogP contribution in [0.4, 0.5) is 5.69 Å². The van der Waals surface area contributed by atoms with Crippen LogP contribution in [-0.2, 0) is 0 Å². The third kappa shape index (κ3) is 4.60. The van der Waals surface area contributed by atoms with Crippen LogP contribution in [0.2, 0.25) is 0 Å². The van der Waals surface area contributed by atoms with Crippen LogP contribution in [0.25, 0.3) is 0 Å². The fourth-order valence-electron chi connectivity index (χ4n) is 3.08. The number of hydrogen-bond acceptors (Lipinski definition) is 3. The lowest BCUT2D eigenvalue weighted by Gasteiger charge is -2.14. The zero-order valence-corrected chi connectivity index (χ0v) is 17.9. The number of hydrogen-bond donors (Lipinski definition) is 2. The van der Waals surface area contributed by atoms with Gasteiger partial charge in [-0.2, -0.15) is 0 Å². The van der Waals surface area contributed by atoms with E-state index in [1.54, 1.807) is 21.3 Å². The molecule has 2 aromatic carbocycles. The molecule has 0 radical (unpaired) electrons. The lowest BCUT2D eigenvalue weighted by Crippen LogP contribution is -2.33. The van der Waals surface area contributed by atoms with E-state index in [0.29, 0.717) is 23.5 Å². The second-order valence-corrected chi connectivity index (χ2v) is 6.22. The first kappa shape index (κ1) is 20.4. The van der Waals surface area contributed by atoms with Gasteiger partial charge in [-0.3, -0.25) is 4.99 Å². The molecule has 0 bridgehead atoms. The van der Waals surface area contributed by atoms with E-state index in [1.807, 2.05) is 18.2 Å². The van der Waals surface area contributed by atoms with Crippen LogP contribution >= 0.6 is 24.0 Å². The lowest BCUT2D eigenvalue weighted by atomic mass is 10.0. The summed E-state index contributed by atoms with van der Waals surface area (Å²) in [4.78, 5) is 4.33. The van der Waals surface area contributed by atoms with Gasteiger partial charge < -0.3 is 20.1 Å². The highest BCUT2D eigenvalue weighted by Crippen LogP contribution is 2.42. The molecule has 2 unspecified atom stereocenters. The Balaban J connectivity index is 0.00000243. The molecular weight excluding hydrogens is 441 g/mol. The number of aryl methyl sites for hydroxylation is 1. The van der Waals surface area contributed by atoms with Gasteiger partial charge in [0.2, 0.25) is 0 Å². The first-order chi connectivity index (χ1) is 12.2. The van der Waals surface area contributed by atoms with E-state index in [9.17, 15) is 0 Å². The van der Waals surface area contributed by atoms with E-state index in [0.717, 1.165) is 18.1 Å². The molecule has 3 rings (SSSR count). The molecule has 6 heteroatoms. The van der Waals surface area contributed by atoms with Gasteiger partial charge in [-0.15, -0.1) is 24.0 Å². The van der Waals surface area contributed by atoms with E-state index < -0.39 is 0 Å². The van der Waals surface area contributed by atoms with E-state index in [4.69, 9.17) is 9.47 Å². The van der Waals surface area contributed by atoms with Gasteiger partial charge in [-0.1, -0.05) is 24.3 Å². The fourth-order valence-corrected chi connectivity index (χ4v) is 3.08. The van der Waals surface area contributed by atoms with E-state index >= 15 is 0 Å². The van der Waals surface area contributed by atoms with Crippen LogP contribution < -0.4 is 20.1 Å². The summed E-state index contributed by atoms with van der Waals surface area (Å²) in [6.45, 7) is 2.17. The normalized spacial score (nSPS) is 18.5. The Labute approximate surface area is 172 Å². The highest BCUT2D eigenvalue weighted by atomic mass is 127. The summed E-state index contributed by atoms with van der Waals surface area (Å²) in [5.74, 6) is 2.70. The Kier molecular flexibility index (Phi) is 7.14. The molecule has 140 valence electrons. The minimum atomic E-state index is 0. The molecule has 1 saturated carbocycles. The van der Waals surface area contributed by atoms with Gasteiger partial charge in [0.15, 0.2) is 17.5 Å². The molecular formula is C20H26IN3O2. The van der Waals surface area contributed by atoms with Crippen molar-refractivity contribution in [3.63, 3.8) is 0 Å². The van der Waals surface area contributed by atoms with E-state index in [1.165, 1.54) is 11.1 Å². The van der Waals surface area contributed by atoms with Gasteiger partial charge in [0, 0.05) is 30.8 Å². The lowest BCUT2D eigenvalue weighted by molar-refractivity contribution is 0.355. The first-order valence-electron chi connectivity index (χ1n) is 8.44. The fraction of sp³-hybridized carbons (Fsp3) is 0.350. The van der Waals surface area contributed by atoms with Crippen LogP contribution in [0.5, 0.6) is 11.5 Å². The predicted molar refractivity (Wildman–Crippen MR) is 117 cm³/mol. The molecule has 0 spiro atoms. The van der Waals surface area contributed by atoms with Gasteiger partial charge >= 0.3 is 0 Å². The van der Waals surface area contributed by atoms with Crippen molar-refractivity contribution in [2.75, 3.05) is 26.6 Å². The van der Waals surface area contributed by atoms with Crippen LogP contribution in [0, 0.1) is 6.92 Å². The molecule has 1 aliphatic carbocycles. The summed E-state index contributed by atoms with van der Waals surface area (Å²) in [7, 11) is 5.04. The molecule has 0 aliphatic heterocycles. The Morgan fingerprint density at radius 3 is 2.46 bits per heavy atom. The standard InChI is InChI=1S/C20H25N3O2.HI/c1-13-7-5-6-8-15(13)16-12-17(16)23-20(21-2)22-14-9-10-18(24-3)19(11-14)25-4;/h5-11,16-17H,12H2,1-4H3,(H2,21,22,23);1H. The molecule has 0 heterocycles. The van der Waals surface area contributed by atoms with Crippen LogP contribution in [0.15, 0.2) is 47.5 Å². The minimum absolute atomic E-state index is 0. The number of nitrogens with one attached hydrogen (secondary N) is 2. The molecule has 26 heavy (non-hydrogen) atoms. The van der Waals surface area contributed by atoms with Crippen molar-refractivity contribution in [2.24, 2.45) is 4.99 Å². The molecule has 1 aliphatic rings. The second kappa shape index (κ2) is 9.12. The van der Waals surface area contributed by atoms with Gasteiger partial charge in [0.25, 0.3) is 0 Å². The number of guanidine groups is 1. The van der Waals surface area contributed by atoms with Gasteiger partial charge in [0.05, 0.1) is 14.2 Å². The van der Waals surface area contributed by atoms with Crippen molar-refractivity contribution in [3.05, 3.63) is 53.6 Å². The number of anilines is 1. The van der Waals surface area contributed by atoms with Crippen molar-refractivity contribution >= 4 is 35.6 Å². The number of ether oxygens (including phenoxy) is 2. The van der Waals surface area contributed by atoms with Crippen LogP contribution in [0.3, 0.4) is 0 Å². The molecule has 0 saturated heterocycles. The Bertz CT molecular complexity index is 779. The van der Waals surface area contributed by atoms with Gasteiger partial charge in [-0.25, -0.2) is 0 Å². The monoisotopic (exact) mass is 467 g/mol. The third-order valence-electron chi connectivity index (χ3n) is 4.57. The second-order valence-electron chi connectivity index (χ2n) is 6.22. The number of aliphatic imine (C=N–C) groups is 1. The summed E-state index contributed by atoms with van der Waals surface area (Å²) >= 11 is 0. The highest BCUT2D eigenvalue weighted by molar-refractivity contribution is 14.0. The molecule has 1 fully saturated rings. The summed E-state index contributed by atoms with van der Waals surface area (Å²) in [5.41, 5.74) is 3.67. The summed E-state index contributed by atoms with van der Waals surface area (Å²) in [5, 5.41) is 6.81. The van der Waals surface area contributed by atoms with Crippen molar-refractivity contribution in [1.29, 1.82) is 0 Å². The van der Waals surface area contributed by atoms with Crippen molar-refractivity contribution in [3.8, 4) is 11.5 Å². The number of methoxy groups -OCH3 is 2. The summed E-state index contributed by atoms with van der Waals surface area (Å²) < 4.78 is 10.6. The zero-order valence-electron chi connectivity index (χ0n) is 15.6. The van der Waals surface area contributed by atoms with E-state index in [-0.39, 0.29) is 24.0 Å². The maximum absolute atomic E-state index is 5.35. The number of benzene rings is 2. The van der Waals surface area contributed by atoms with Crippen molar-refractivity contribution < 1.29 is 9.47 Å².